The maximum atomic E-state index is 12.4. The van der Waals surface area contributed by atoms with Gasteiger partial charge in [0.1, 0.15) is 22.6 Å². The van der Waals surface area contributed by atoms with Crippen LogP contribution >= 0.6 is 0 Å². The Morgan fingerprint density at radius 2 is 1.88 bits per heavy atom. The molecule has 1 saturated heterocycles. The van der Waals surface area contributed by atoms with Gasteiger partial charge in [0.25, 0.3) is 5.91 Å². The molecule has 1 aliphatic heterocycles. The van der Waals surface area contributed by atoms with Gasteiger partial charge in [-0.2, -0.15) is 0 Å². The lowest BCUT2D eigenvalue weighted by molar-refractivity contribution is -0.136. The number of carbonyl (C=O) groups excluding carboxylic acids is 2. The summed E-state index contributed by atoms with van der Waals surface area (Å²) in [6.07, 6.45) is 1.81. The highest BCUT2D eigenvalue weighted by atomic mass is 16.6. The monoisotopic (exact) mass is 451 g/mol. The molecule has 1 amide bonds. The highest BCUT2D eigenvalue weighted by molar-refractivity contribution is 5.96. The Bertz CT molecular complexity index is 1240. The van der Waals surface area contributed by atoms with Crippen LogP contribution < -0.4 is 20.4 Å². The molecule has 8 nitrogen and oxygen atoms in total. The van der Waals surface area contributed by atoms with E-state index in [9.17, 15) is 14.4 Å². The molecule has 4 rings (SSSR count). The van der Waals surface area contributed by atoms with Crippen molar-refractivity contribution in [3.63, 3.8) is 0 Å². The highest BCUT2D eigenvalue weighted by Crippen LogP contribution is 2.21. The molecule has 1 N–H and O–H groups in total. The highest BCUT2D eigenvalue weighted by Gasteiger charge is 2.19. The lowest BCUT2D eigenvalue weighted by atomic mass is 10.1. The Balaban J connectivity index is 1.39. The van der Waals surface area contributed by atoms with Crippen LogP contribution in [0.25, 0.3) is 11.0 Å². The first kappa shape index (κ1) is 22.5. The van der Waals surface area contributed by atoms with Crippen LogP contribution in [0.3, 0.4) is 0 Å². The van der Waals surface area contributed by atoms with Crippen molar-refractivity contribution in [2.24, 2.45) is 0 Å². The third-order valence-corrected chi connectivity index (χ3v) is 5.53. The van der Waals surface area contributed by atoms with Crippen LogP contribution in [0.4, 0.5) is 0 Å². The fraction of sp³-hybridized carbons (Fsp3) is 0.320. The van der Waals surface area contributed by atoms with Gasteiger partial charge in [0, 0.05) is 24.6 Å². The molecule has 1 fully saturated rings. The Morgan fingerprint density at radius 3 is 2.64 bits per heavy atom. The van der Waals surface area contributed by atoms with Crippen molar-refractivity contribution in [2.45, 2.75) is 32.8 Å². The molecule has 172 valence electrons. The Morgan fingerprint density at radius 1 is 1.06 bits per heavy atom. The summed E-state index contributed by atoms with van der Waals surface area (Å²) < 4.78 is 21.5. The summed E-state index contributed by atoms with van der Waals surface area (Å²) in [4.78, 5) is 36.9. The molecule has 8 heteroatoms. The molecule has 1 atom stereocenters. The van der Waals surface area contributed by atoms with Gasteiger partial charge in [0.15, 0.2) is 6.61 Å². The Hall–Kier alpha value is -3.65. The molecule has 0 spiro atoms. The minimum atomic E-state index is -0.770. The Labute approximate surface area is 190 Å². The summed E-state index contributed by atoms with van der Waals surface area (Å²) in [6, 6.07) is 11.6. The third-order valence-electron chi connectivity index (χ3n) is 5.53. The first-order chi connectivity index (χ1) is 15.9. The van der Waals surface area contributed by atoms with E-state index in [4.69, 9.17) is 18.6 Å². The molecule has 2 heterocycles. The summed E-state index contributed by atoms with van der Waals surface area (Å²) in [5, 5.41) is 3.24. The summed E-state index contributed by atoms with van der Waals surface area (Å²) in [6.45, 7) is 4.71. The van der Waals surface area contributed by atoms with Crippen molar-refractivity contribution in [1.29, 1.82) is 0 Å². The molecule has 0 saturated carbocycles. The van der Waals surface area contributed by atoms with E-state index in [2.05, 4.69) is 5.32 Å². The minimum absolute atomic E-state index is 0.0299. The van der Waals surface area contributed by atoms with E-state index in [0.29, 0.717) is 24.3 Å². The van der Waals surface area contributed by atoms with E-state index in [1.165, 1.54) is 12.1 Å². The van der Waals surface area contributed by atoms with Crippen LogP contribution in [0.5, 0.6) is 11.5 Å². The maximum absolute atomic E-state index is 12.4. The van der Waals surface area contributed by atoms with Gasteiger partial charge < -0.3 is 23.9 Å². The van der Waals surface area contributed by atoms with Gasteiger partial charge in [0.05, 0.1) is 6.10 Å². The molecule has 3 aromatic rings. The zero-order valence-electron chi connectivity index (χ0n) is 18.5. The van der Waals surface area contributed by atoms with E-state index in [1.807, 2.05) is 26.0 Å². The summed E-state index contributed by atoms with van der Waals surface area (Å²) >= 11 is 0. The first-order valence-electron chi connectivity index (χ1n) is 10.8. The van der Waals surface area contributed by atoms with Crippen LogP contribution in [0.15, 0.2) is 51.7 Å². The minimum Gasteiger partial charge on any atom is -0.482 e. The largest absolute Gasteiger partial charge is 0.482 e. The summed E-state index contributed by atoms with van der Waals surface area (Å²) in [7, 11) is 0. The van der Waals surface area contributed by atoms with Gasteiger partial charge in [-0.25, -0.2) is 9.59 Å². The van der Waals surface area contributed by atoms with Crippen LogP contribution in [0, 0.1) is 13.8 Å². The van der Waals surface area contributed by atoms with Crippen molar-refractivity contribution in [3.05, 3.63) is 69.6 Å². The predicted molar refractivity (Wildman–Crippen MR) is 121 cm³/mol. The smallest absolute Gasteiger partial charge is 0.349 e. The topological polar surface area (TPSA) is 104 Å². The SMILES string of the molecule is Cc1ccc(OCC(=O)Oc2ccc3cc(C(=O)NCC4CCCO4)c(=O)oc3c2)cc1C. The van der Waals surface area contributed by atoms with Gasteiger partial charge in [-0.3, -0.25) is 4.79 Å². The molecule has 0 aliphatic carbocycles. The fourth-order valence-electron chi connectivity index (χ4n) is 3.53. The molecule has 0 bridgehead atoms. The van der Waals surface area contributed by atoms with Crippen molar-refractivity contribution in [1.82, 2.24) is 5.32 Å². The number of fused-ring (bicyclic) bond motifs is 1. The average molecular weight is 451 g/mol. The number of carbonyl (C=O) groups is 2. The number of nitrogens with one attached hydrogen (secondary N) is 1. The van der Waals surface area contributed by atoms with Crippen LogP contribution in [0.2, 0.25) is 0 Å². The Kier molecular flexibility index (Phi) is 6.74. The summed E-state index contributed by atoms with van der Waals surface area (Å²) in [5.74, 6) is -0.333. The molecule has 1 unspecified atom stereocenters. The van der Waals surface area contributed by atoms with Gasteiger partial charge in [-0.05, 0) is 68.1 Å². The number of hydrogen-bond acceptors (Lipinski definition) is 7. The van der Waals surface area contributed by atoms with Crippen molar-refractivity contribution in [2.75, 3.05) is 19.8 Å². The first-order valence-corrected chi connectivity index (χ1v) is 10.8. The lowest BCUT2D eigenvalue weighted by Crippen LogP contribution is -2.34. The molecule has 0 radical (unpaired) electrons. The standard InChI is InChI=1S/C25H25NO7/c1-15-5-7-18(10-16(15)2)31-14-23(27)32-19-8-6-17-11-21(25(29)33-22(17)12-19)24(28)26-13-20-4-3-9-30-20/h5-8,10-12,20H,3-4,9,13-14H2,1-2H3,(H,26,28). The molecular formula is C25H25NO7. The van der Waals surface area contributed by atoms with Crippen molar-refractivity contribution < 1.29 is 28.2 Å². The fourth-order valence-corrected chi connectivity index (χ4v) is 3.53. The van der Waals surface area contributed by atoms with Crippen LogP contribution in [0.1, 0.15) is 34.3 Å². The quantitative estimate of drug-likeness (QED) is 0.334. The third kappa shape index (κ3) is 5.59. The zero-order valence-corrected chi connectivity index (χ0v) is 18.5. The second-order valence-corrected chi connectivity index (χ2v) is 8.00. The number of esters is 1. The number of rotatable bonds is 7. The van der Waals surface area contributed by atoms with E-state index >= 15 is 0 Å². The zero-order chi connectivity index (χ0) is 23.4. The van der Waals surface area contributed by atoms with Gasteiger partial charge >= 0.3 is 11.6 Å². The number of ether oxygens (including phenoxy) is 3. The van der Waals surface area contributed by atoms with Gasteiger partial charge in [-0.1, -0.05) is 6.07 Å². The molecule has 33 heavy (non-hydrogen) atoms. The van der Waals surface area contributed by atoms with E-state index < -0.39 is 17.5 Å². The normalized spacial score (nSPS) is 15.4. The predicted octanol–water partition coefficient (Wildman–Crippen LogP) is 3.30. The second kappa shape index (κ2) is 9.87. The lowest BCUT2D eigenvalue weighted by Gasteiger charge is -2.11. The molecule has 1 aromatic heterocycles. The number of amides is 1. The van der Waals surface area contributed by atoms with Crippen molar-refractivity contribution in [3.8, 4) is 11.5 Å². The average Bonchev–Trinajstić information content (AvgIpc) is 3.31. The molecule has 1 aliphatic rings. The molecular weight excluding hydrogens is 426 g/mol. The van der Waals surface area contributed by atoms with Gasteiger partial charge in [0.2, 0.25) is 0 Å². The van der Waals surface area contributed by atoms with Crippen LogP contribution in [-0.4, -0.2) is 37.7 Å². The number of benzene rings is 2. The maximum Gasteiger partial charge on any atom is 0.349 e. The number of hydrogen-bond donors (Lipinski definition) is 1. The molecule has 2 aromatic carbocycles. The van der Waals surface area contributed by atoms with Gasteiger partial charge in [-0.15, -0.1) is 0 Å². The second-order valence-electron chi connectivity index (χ2n) is 8.00. The van der Waals surface area contributed by atoms with Crippen LogP contribution in [-0.2, 0) is 9.53 Å². The van der Waals surface area contributed by atoms with E-state index in [1.54, 1.807) is 18.2 Å². The summed E-state index contributed by atoms with van der Waals surface area (Å²) in [5.41, 5.74) is 1.54. The van der Waals surface area contributed by atoms with E-state index in [0.717, 1.165) is 24.0 Å². The number of aryl methyl sites for hydroxylation is 2. The van der Waals surface area contributed by atoms with E-state index in [-0.39, 0.29) is 29.6 Å². The van der Waals surface area contributed by atoms with Crippen molar-refractivity contribution >= 4 is 22.8 Å².